The topological polar surface area (TPSA) is 59.8 Å². The molecule has 0 aliphatic carbocycles. The van der Waals surface area contributed by atoms with E-state index in [0.29, 0.717) is 24.4 Å². The van der Waals surface area contributed by atoms with E-state index < -0.39 is 0 Å². The first kappa shape index (κ1) is 23.0. The summed E-state index contributed by atoms with van der Waals surface area (Å²) in [5, 5.41) is 13.1. The molecule has 8 heteroatoms. The predicted octanol–water partition coefficient (Wildman–Crippen LogP) is 5.92. The first-order valence-electron chi connectivity index (χ1n) is 10.5. The van der Waals surface area contributed by atoms with Crippen molar-refractivity contribution in [3.8, 4) is 17.1 Å². The van der Waals surface area contributed by atoms with Gasteiger partial charge in [0.1, 0.15) is 5.82 Å². The highest BCUT2D eigenvalue weighted by molar-refractivity contribution is 7.99. The molecule has 1 aromatic heterocycles. The molecule has 1 N–H and O–H groups in total. The maximum Gasteiger partial charge on any atom is 0.220 e. The molecule has 0 aliphatic rings. The van der Waals surface area contributed by atoms with Gasteiger partial charge in [-0.2, -0.15) is 0 Å². The Labute approximate surface area is 201 Å². The van der Waals surface area contributed by atoms with Gasteiger partial charge in [0.15, 0.2) is 11.0 Å². The lowest BCUT2D eigenvalue weighted by atomic mass is 10.2. The molecule has 0 fully saturated rings. The number of thioether (sulfide) groups is 1. The number of aromatic nitrogens is 3. The minimum atomic E-state index is -0.287. The summed E-state index contributed by atoms with van der Waals surface area (Å²) < 4.78 is 15.0. The van der Waals surface area contributed by atoms with Crippen molar-refractivity contribution in [1.29, 1.82) is 0 Å². The Morgan fingerprint density at radius 2 is 1.70 bits per heavy atom. The Balaban J connectivity index is 1.37. The maximum absolute atomic E-state index is 13.0. The van der Waals surface area contributed by atoms with E-state index >= 15 is 0 Å². The number of rotatable bonds is 9. The molecule has 0 radical (unpaired) electrons. The molecule has 3 aromatic carbocycles. The van der Waals surface area contributed by atoms with Crippen molar-refractivity contribution in [2.75, 3.05) is 5.75 Å². The fourth-order valence-electron chi connectivity index (χ4n) is 3.25. The molecular formula is C25H22ClFN4OS. The van der Waals surface area contributed by atoms with Crippen molar-refractivity contribution < 1.29 is 9.18 Å². The van der Waals surface area contributed by atoms with Crippen molar-refractivity contribution in [2.45, 2.75) is 24.5 Å². The highest BCUT2D eigenvalue weighted by atomic mass is 35.5. The standard InChI is InChI=1S/C25H22ClFN4OS/c26-20-12-10-19(11-13-20)24-29-30-25(31(24)22-5-2-1-3-6-22)33-16-4-7-23(32)28-17-18-8-14-21(27)15-9-18/h1-3,5-6,8-15H,4,7,16-17H2,(H,28,32). The van der Waals surface area contributed by atoms with Crippen LogP contribution in [-0.2, 0) is 11.3 Å². The van der Waals surface area contributed by atoms with Crippen LogP contribution in [0.5, 0.6) is 0 Å². The molecule has 0 saturated heterocycles. The summed E-state index contributed by atoms with van der Waals surface area (Å²) in [4.78, 5) is 12.2. The average molecular weight is 481 g/mol. The van der Waals surface area contributed by atoms with Crippen LogP contribution in [0.3, 0.4) is 0 Å². The van der Waals surface area contributed by atoms with Gasteiger partial charge in [0.05, 0.1) is 0 Å². The molecule has 0 unspecified atom stereocenters. The van der Waals surface area contributed by atoms with E-state index in [4.69, 9.17) is 11.6 Å². The third-order valence-corrected chi connectivity index (χ3v) is 6.20. The maximum atomic E-state index is 13.0. The van der Waals surface area contributed by atoms with E-state index in [1.165, 1.54) is 12.1 Å². The van der Waals surface area contributed by atoms with Gasteiger partial charge in [-0.05, 0) is 60.5 Å². The van der Waals surface area contributed by atoms with Crippen LogP contribution >= 0.6 is 23.4 Å². The minimum Gasteiger partial charge on any atom is -0.352 e. The molecule has 0 saturated carbocycles. The lowest BCUT2D eigenvalue weighted by Crippen LogP contribution is -2.22. The third-order valence-electron chi connectivity index (χ3n) is 4.93. The van der Waals surface area contributed by atoms with E-state index in [1.807, 2.05) is 59.2 Å². The monoisotopic (exact) mass is 480 g/mol. The van der Waals surface area contributed by atoms with Crippen molar-refractivity contribution in [1.82, 2.24) is 20.1 Å². The number of para-hydroxylation sites is 1. The van der Waals surface area contributed by atoms with Gasteiger partial charge >= 0.3 is 0 Å². The zero-order valence-corrected chi connectivity index (χ0v) is 19.3. The van der Waals surface area contributed by atoms with Gasteiger partial charge < -0.3 is 5.32 Å². The van der Waals surface area contributed by atoms with Crippen molar-refractivity contribution in [3.05, 3.63) is 95.3 Å². The first-order valence-corrected chi connectivity index (χ1v) is 11.9. The number of hydrogen-bond donors (Lipinski definition) is 1. The van der Waals surface area contributed by atoms with Crippen LogP contribution < -0.4 is 5.32 Å². The number of nitrogens with one attached hydrogen (secondary N) is 1. The summed E-state index contributed by atoms with van der Waals surface area (Å²) in [6, 6.07) is 23.5. The van der Waals surface area contributed by atoms with Crippen LogP contribution in [0.2, 0.25) is 5.02 Å². The van der Waals surface area contributed by atoms with Crippen molar-refractivity contribution >= 4 is 29.3 Å². The Morgan fingerprint density at radius 1 is 0.970 bits per heavy atom. The predicted molar refractivity (Wildman–Crippen MR) is 130 cm³/mol. The zero-order chi connectivity index (χ0) is 23.0. The molecule has 0 bridgehead atoms. The van der Waals surface area contributed by atoms with Crippen LogP contribution in [0, 0.1) is 5.82 Å². The van der Waals surface area contributed by atoms with Crippen molar-refractivity contribution in [3.63, 3.8) is 0 Å². The number of carbonyl (C=O) groups excluding carboxylic acids is 1. The van der Waals surface area contributed by atoms with Gasteiger partial charge in [-0.3, -0.25) is 9.36 Å². The van der Waals surface area contributed by atoms with Crippen LogP contribution in [-0.4, -0.2) is 26.4 Å². The fourth-order valence-corrected chi connectivity index (χ4v) is 4.26. The van der Waals surface area contributed by atoms with E-state index in [0.717, 1.165) is 33.5 Å². The first-order chi connectivity index (χ1) is 16.1. The summed E-state index contributed by atoms with van der Waals surface area (Å²) in [6.07, 6.45) is 1.09. The second-order valence-corrected chi connectivity index (χ2v) is 8.84. The van der Waals surface area contributed by atoms with Crippen LogP contribution in [0.15, 0.2) is 84.0 Å². The molecule has 33 heavy (non-hydrogen) atoms. The molecule has 0 atom stereocenters. The van der Waals surface area contributed by atoms with E-state index in [1.54, 1.807) is 23.9 Å². The molecule has 168 valence electrons. The second-order valence-electron chi connectivity index (χ2n) is 7.34. The molecule has 0 aliphatic heterocycles. The summed E-state index contributed by atoms with van der Waals surface area (Å²) in [5.74, 6) is 1.13. The number of carbonyl (C=O) groups is 1. The Kier molecular flexibility index (Phi) is 7.75. The summed E-state index contributed by atoms with van der Waals surface area (Å²) in [7, 11) is 0. The van der Waals surface area contributed by atoms with E-state index in [-0.39, 0.29) is 11.7 Å². The van der Waals surface area contributed by atoms with Crippen molar-refractivity contribution in [2.24, 2.45) is 0 Å². The van der Waals surface area contributed by atoms with Crippen LogP contribution in [0.4, 0.5) is 4.39 Å². The summed E-state index contributed by atoms with van der Waals surface area (Å²) in [5.41, 5.74) is 2.75. The Morgan fingerprint density at radius 3 is 2.42 bits per heavy atom. The number of hydrogen-bond acceptors (Lipinski definition) is 4. The lowest BCUT2D eigenvalue weighted by molar-refractivity contribution is -0.121. The summed E-state index contributed by atoms with van der Waals surface area (Å²) in [6.45, 7) is 0.388. The number of halogens is 2. The Hall–Kier alpha value is -3.16. The number of amides is 1. The van der Waals surface area contributed by atoms with Gasteiger partial charge in [0.2, 0.25) is 5.91 Å². The molecule has 4 rings (SSSR count). The van der Waals surface area contributed by atoms with Crippen LogP contribution in [0.1, 0.15) is 18.4 Å². The van der Waals surface area contributed by atoms with E-state index in [2.05, 4.69) is 15.5 Å². The minimum absolute atomic E-state index is 0.0358. The Bertz CT molecular complexity index is 1200. The molecule has 1 heterocycles. The SMILES string of the molecule is O=C(CCCSc1nnc(-c2ccc(Cl)cc2)n1-c1ccccc1)NCc1ccc(F)cc1. The van der Waals surface area contributed by atoms with Gasteiger partial charge in [-0.15, -0.1) is 10.2 Å². The highest BCUT2D eigenvalue weighted by Gasteiger charge is 2.16. The van der Waals surface area contributed by atoms with Crippen LogP contribution in [0.25, 0.3) is 17.1 Å². The third kappa shape index (κ3) is 6.21. The summed E-state index contributed by atoms with van der Waals surface area (Å²) >= 11 is 7.60. The van der Waals surface area contributed by atoms with Gasteiger partial charge in [0.25, 0.3) is 0 Å². The molecule has 0 spiro atoms. The largest absolute Gasteiger partial charge is 0.352 e. The van der Waals surface area contributed by atoms with Gasteiger partial charge in [-0.1, -0.05) is 53.7 Å². The highest BCUT2D eigenvalue weighted by Crippen LogP contribution is 2.29. The second kappa shape index (κ2) is 11.1. The van der Waals surface area contributed by atoms with Gasteiger partial charge in [-0.25, -0.2) is 4.39 Å². The molecule has 5 nitrogen and oxygen atoms in total. The molecular weight excluding hydrogens is 459 g/mol. The zero-order valence-electron chi connectivity index (χ0n) is 17.7. The van der Waals surface area contributed by atoms with E-state index in [9.17, 15) is 9.18 Å². The normalized spacial score (nSPS) is 10.8. The molecule has 4 aromatic rings. The average Bonchev–Trinajstić information content (AvgIpc) is 3.26. The fraction of sp³-hybridized carbons (Fsp3) is 0.160. The number of benzene rings is 3. The lowest BCUT2D eigenvalue weighted by Gasteiger charge is -2.10. The quantitative estimate of drug-likeness (QED) is 0.239. The number of nitrogens with zero attached hydrogens (tertiary/aromatic N) is 3. The molecule has 1 amide bonds. The van der Waals surface area contributed by atoms with Gasteiger partial charge in [0, 0.05) is 35.0 Å². The smallest absolute Gasteiger partial charge is 0.220 e.